The Morgan fingerprint density at radius 1 is 0.556 bits per heavy atom. The number of phenolic OH excluding ortho intramolecular Hbond substituents is 1. The van der Waals surface area contributed by atoms with E-state index < -0.39 is 0 Å². The van der Waals surface area contributed by atoms with E-state index in [1.54, 1.807) is 0 Å². The van der Waals surface area contributed by atoms with Gasteiger partial charge in [0, 0.05) is 44.1 Å². The first-order valence-corrected chi connectivity index (χ1v) is 25.2. The number of rotatable bonds is 7. The normalized spacial score (nSPS) is 13.2. The topological polar surface area (TPSA) is 54.2 Å². The Bertz CT molecular complexity index is 3320. The minimum Gasteiger partial charge on any atom is -0.507 e. The molecule has 0 fully saturated rings. The summed E-state index contributed by atoms with van der Waals surface area (Å²) in [7, 11) is 2.21. The molecule has 1 aliphatic heterocycles. The molecule has 6 aromatic carbocycles. The smallest absolute Gasteiger partial charge is 0.310 e. The van der Waals surface area contributed by atoms with Gasteiger partial charge in [-0.1, -0.05) is 202 Å². The third kappa shape index (κ3) is 9.97. The van der Waals surface area contributed by atoms with Crippen LogP contribution in [0.2, 0.25) is 0 Å². The molecular weight excluding hydrogens is 1060 g/mol. The van der Waals surface area contributed by atoms with E-state index in [0.29, 0.717) is 11.4 Å². The SMILES string of the molecule is Cc1cccc(C)c1B1C=C(c2[c-]c(-c3cc(-c4ccccc4)ccn3)cc(C(C)(C)C)c2)c2nc(-c3cc(C(C)(C)C)cc(C(C)(C)C)c3O)n(-c3ccc(C(C)(C)C)cc3-c3ccccc3)c2N1C.[Pt]. The van der Waals surface area contributed by atoms with Gasteiger partial charge in [0.15, 0.2) is 0 Å². The van der Waals surface area contributed by atoms with Crippen LogP contribution in [0.4, 0.5) is 5.82 Å². The number of anilines is 1. The monoisotopic (exact) mass is 1130 g/mol. The molecule has 72 heavy (non-hydrogen) atoms. The summed E-state index contributed by atoms with van der Waals surface area (Å²) in [6, 6.07) is 51.9. The Kier molecular flexibility index (Phi) is 14.0. The fourth-order valence-corrected chi connectivity index (χ4v) is 10.1. The van der Waals surface area contributed by atoms with E-state index >= 15 is 0 Å². The van der Waals surface area contributed by atoms with Gasteiger partial charge in [0.25, 0.3) is 0 Å². The molecular formula is C65H70BN4OPt-. The minimum absolute atomic E-state index is 0. The number of phenols is 1. The van der Waals surface area contributed by atoms with E-state index in [2.05, 4.69) is 259 Å². The van der Waals surface area contributed by atoms with Crippen LogP contribution in [-0.4, -0.2) is 33.5 Å². The van der Waals surface area contributed by atoms with E-state index in [0.717, 1.165) is 73.0 Å². The van der Waals surface area contributed by atoms with Crippen molar-refractivity contribution in [3.8, 4) is 56.3 Å². The standard InChI is InChI=1S/C65H70BN4O.Pt/c1-41-23-22-24-42(2)57(41)66-40-53(46-33-47(35-49(34-46)63(6,7)8)55-36-45(31-32-67-55)43-25-18-16-19-26-43)58-61(69(66)15)70(56-30-29-48(62(3,4)5)37-51(56)44-27-20-17-21-28-44)60(68-58)52-38-50(64(9,10)11)39-54(59(52)71)65(12,13)14;/h16-32,34-40,71H,1-15H3;/q-1;. The first kappa shape index (κ1) is 52.1. The average Bonchev–Trinajstić information content (AvgIpc) is 3.72. The molecule has 8 aromatic rings. The van der Waals surface area contributed by atoms with Gasteiger partial charge in [0.2, 0.25) is 0 Å². The zero-order chi connectivity index (χ0) is 50.9. The molecule has 9 rings (SSSR count). The zero-order valence-corrected chi connectivity index (χ0v) is 47.3. The van der Waals surface area contributed by atoms with Crippen LogP contribution in [0.5, 0.6) is 5.75 Å². The molecule has 0 saturated carbocycles. The number of fused-ring (bicyclic) bond motifs is 1. The molecule has 0 unspecified atom stereocenters. The Balaban J connectivity index is 0.00000693. The molecule has 0 spiro atoms. The number of aryl methyl sites for hydroxylation is 2. The average molecular weight is 1130 g/mol. The summed E-state index contributed by atoms with van der Waals surface area (Å²) in [5.41, 5.74) is 17.8. The second-order valence-electron chi connectivity index (χ2n) is 23.9. The molecule has 0 bridgehead atoms. The number of hydrogen-bond acceptors (Lipinski definition) is 4. The Hall–Kier alpha value is -6.23. The van der Waals surface area contributed by atoms with Crippen molar-refractivity contribution in [2.75, 3.05) is 11.9 Å². The van der Waals surface area contributed by atoms with Gasteiger partial charge in [-0.05, 0) is 100 Å². The van der Waals surface area contributed by atoms with Crippen LogP contribution in [0.15, 0.2) is 146 Å². The molecule has 3 heterocycles. The zero-order valence-electron chi connectivity index (χ0n) is 45.0. The fraction of sp³-hybridized carbons (Fsp3) is 0.292. The van der Waals surface area contributed by atoms with Gasteiger partial charge in [0.05, 0.1) is 16.9 Å². The molecule has 370 valence electrons. The molecule has 2 aromatic heterocycles. The minimum atomic E-state index is -0.361. The summed E-state index contributed by atoms with van der Waals surface area (Å²) in [5.74, 6) is 4.26. The fourth-order valence-electron chi connectivity index (χ4n) is 10.1. The molecule has 1 aliphatic rings. The first-order chi connectivity index (χ1) is 33.4. The molecule has 7 heteroatoms. The van der Waals surface area contributed by atoms with Crippen molar-refractivity contribution in [2.24, 2.45) is 0 Å². The van der Waals surface area contributed by atoms with Crippen molar-refractivity contribution in [3.05, 3.63) is 196 Å². The maximum Gasteiger partial charge on any atom is 0.310 e. The van der Waals surface area contributed by atoms with Crippen molar-refractivity contribution in [3.63, 3.8) is 0 Å². The molecule has 0 amide bonds. The van der Waals surface area contributed by atoms with Crippen molar-refractivity contribution >= 4 is 23.7 Å². The predicted octanol–water partition coefficient (Wildman–Crippen LogP) is 15.6. The molecule has 0 saturated heterocycles. The Morgan fingerprint density at radius 2 is 1.12 bits per heavy atom. The van der Waals surface area contributed by atoms with Gasteiger partial charge < -0.3 is 9.92 Å². The number of aromatic nitrogens is 3. The van der Waals surface area contributed by atoms with E-state index in [4.69, 9.17) is 9.97 Å². The van der Waals surface area contributed by atoms with Gasteiger partial charge in [-0.3, -0.25) is 9.55 Å². The summed E-state index contributed by atoms with van der Waals surface area (Å²) in [6.07, 6.45) is 1.91. The molecule has 0 atom stereocenters. The summed E-state index contributed by atoms with van der Waals surface area (Å²) in [6.45, 7) is 31.2. The predicted molar refractivity (Wildman–Crippen MR) is 302 cm³/mol. The van der Waals surface area contributed by atoms with E-state index in [9.17, 15) is 5.11 Å². The third-order valence-electron chi connectivity index (χ3n) is 14.4. The number of hydrogen-bond donors (Lipinski definition) is 1. The van der Waals surface area contributed by atoms with Crippen LogP contribution < -0.4 is 10.3 Å². The van der Waals surface area contributed by atoms with Gasteiger partial charge in [-0.15, -0.1) is 35.3 Å². The maximum absolute atomic E-state index is 12.9. The number of pyridine rings is 1. The van der Waals surface area contributed by atoms with Crippen molar-refractivity contribution in [2.45, 2.75) is 119 Å². The Labute approximate surface area is 444 Å². The Morgan fingerprint density at radius 3 is 1.72 bits per heavy atom. The quantitative estimate of drug-likeness (QED) is 0.128. The molecule has 0 radical (unpaired) electrons. The molecule has 1 N–H and O–H groups in total. The van der Waals surface area contributed by atoms with E-state index in [1.165, 1.54) is 27.7 Å². The maximum atomic E-state index is 12.9. The van der Waals surface area contributed by atoms with Crippen molar-refractivity contribution < 1.29 is 26.2 Å². The van der Waals surface area contributed by atoms with E-state index in [-0.39, 0.29) is 55.3 Å². The van der Waals surface area contributed by atoms with Crippen LogP contribution >= 0.6 is 0 Å². The first-order valence-electron chi connectivity index (χ1n) is 25.2. The van der Waals surface area contributed by atoms with Crippen LogP contribution in [0.1, 0.15) is 128 Å². The van der Waals surface area contributed by atoms with Crippen LogP contribution in [0, 0.1) is 19.9 Å². The van der Waals surface area contributed by atoms with Crippen LogP contribution in [-0.2, 0) is 42.7 Å². The second kappa shape index (κ2) is 19.3. The van der Waals surface area contributed by atoms with Crippen LogP contribution in [0.3, 0.4) is 0 Å². The van der Waals surface area contributed by atoms with Crippen molar-refractivity contribution in [1.82, 2.24) is 14.5 Å². The summed E-state index contributed by atoms with van der Waals surface area (Å²) >= 11 is 0. The van der Waals surface area contributed by atoms with Crippen molar-refractivity contribution in [1.29, 1.82) is 0 Å². The van der Waals surface area contributed by atoms with Gasteiger partial charge in [0.1, 0.15) is 17.4 Å². The van der Waals surface area contributed by atoms with Gasteiger partial charge >= 0.3 is 6.85 Å². The van der Waals surface area contributed by atoms with Gasteiger partial charge in [-0.2, -0.15) is 0 Å². The summed E-state index contributed by atoms with van der Waals surface area (Å²) < 4.78 is 2.35. The molecule has 5 nitrogen and oxygen atoms in total. The molecule has 0 aliphatic carbocycles. The number of nitrogens with zero attached hydrogens (tertiary/aromatic N) is 4. The summed E-state index contributed by atoms with van der Waals surface area (Å²) in [4.78, 5) is 13.3. The number of imidazole rings is 1. The van der Waals surface area contributed by atoms with Crippen LogP contribution in [0.25, 0.3) is 56.2 Å². The third-order valence-corrected chi connectivity index (χ3v) is 14.4. The number of aromatic hydroxyl groups is 1. The van der Waals surface area contributed by atoms with E-state index in [1.807, 2.05) is 6.20 Å². The largest absolute Gasteiger partial charge is 0.507 e. The number of benzene rings is 6. The summed E-state index contributed by atoms with van der Waals surface area (Å²) in [5, 5.41) is 12.9. The second-order valence-corrected chi connectivity index (χ2v) is 23.9. The van der Waals surface area contributed by atoms with Gasteiger partial charge in [-0.25, -0.2) is 4.98 Å².